The van der Waals surface area contributed by atoms with Crippen LogP contribution in [0.3, 0.4) is 0 Å². The first kappa shape index (κ1) is 20.5. The molecule has 5 nitrogen and oxygen atoms in total. The second-order valence-electron chi connectivity index (χ2n) is 5.82. The highest BCUT2D eigenvalue weighted by molar-refractivity contribution is 5.91. The van der Waals surface area contributed by atoms with Gasteiger partial charge in [0.2, 0.25) is 11.8 Å². The van der Waals surface area contributed by atoms with Gasteiger partial charge in [0, 0.05) is 30.9 Å². The zero-order valence-electron chi connectivity index (χ0n) is 15.1. The minimum atomic E-state index is -0.0335. The van der Waals surface area contributed by atoms with E-state index in [1.54, 1.807) is 17.1 Å². The Morgan fingerprint density at radius 2 is 1.80 bits per heavy atom. The van der Waals surface area contributed by atoms with Gasteiger partial charge in [-0.3, -0.25) is 9.59 Å². The zero-order valence-corrected chi connectivity index (χ0v) is 15.1. The number of amides is 2. The van der Waals surface area contributed by atoms with Crippen LogP contribution in [0.1, 0.15) is 32.6 Å². The third-order valence-corrected chi connectivity index (χ3v) is 3.65. The van der Waals surface area contributed by atoms with E-state index >= 15 is 0 Å². The van der Waals surface area contributed by atoms with Crippen molar-refractivity contribution < 1.29 is 9.59 Å². The molecule has 0 radical (unpaired) electrons. The van der Waals surface area contributed by atoms with Crippen molar-refractivity contribution in [3.05, 3.63) is 49.6 Å². The van der Waals surface area contributed by atoms with Crippen molar-refractivity contribution in [2.75, 3.05) is 30.3 Å². The van der Waals surface area contributed by atoms with Crippen LogP contribution in [-0.2, 0) is 9.59 Å². The Hall–Kier alpha value is -2.56. The monoisotopic (exact) mass is 343 g/mol. The largest absolute Gasteiger partial charge is 0.376 e. The molecule has 0 bridgehead atoms. The summed E-state index contributed by atoms with van der Waals surface area (Å²) in [6, 6.07) is 7.38. The van der Waals surface area contributed by atoms with E-state index < -0.39 is 0 Å². The van der Waals surface area contributed by atoms with E-state index in [9.17, 15) is 9.59 Å². The predicted octanol–water partition coefficient (Wildman–Crippen LogP) is 3.82. The van der Waals surface area contributed by atoms with E-state index in [1.807, 2.05) is 24.3 Å². The summed E-state index contributed by atoms with van der Waals surface area (Å²) < 4.78 is 0. The molecule has 1 aromatic rings. The van der Waals surface area contributed by atoms with Gasteiger partial charge in [-0.05, 0) is 24.6 Å². The van der Waals surface area contributed by atoms with Crippen molar-refractivity contribution in [1.29, 1.82) is 0 Å². The lowest BCUT2D eigenvalue weighted by Gasteiger charge is -2.20. The molecule has 0 aromatic heterocycles. The van der Waals surface area contributed by atoms with Crippen LogP contribution in [0, 0.1) is 0 Å². The normalized spacial score (nSPS) is 9.96. The van der Waals surface area contributed by atoms with Crippen LogP contribution in [-0.4, -0.2) is 36.3 Å². The number of carbonyl (C=O) groups is 2. The molecule has 0 saturated heterocycles. The van der Waals surface area contributed by atoms with Crippen LogP contribution < -0.4 is 10.6 Å². The van der Waals surface area contributed by atoms with Crippen LogP contribution >= 0.6 is 0 Å². The number of carbonyl (C=O) groups excluding carboxylic acids is 2. The lowest BCUT2D eigenvalue weighted by atomic mass is 10.2. The average Bonchev–Trinajstić information content (AvgIpc) is 2.60. The van der Waals surface area contributed by atoms with Gasteiger partial charge in [0.1, 0.15) is 0 Å². The van der Waals surface area contributed by atoms with Crippen LogP contribution in [0.2, 0.25) is 0 Å². The van der Waals surface area contributed by atoms with Gasteiger partial charge in [-0.15, -0.1) is 13.2 Å². The molecule has 1 rings (SSSR count). The molecule has 25 heavy (non-hydrogen) atoms. The van der Waals surface area contributed by atoms with Crippen LogP contribution in [0.25, 0.3) is 0 Å². The molecule has 136 valence electrons. The van der Waals surface area contributed by atoms with Crippen LogP contribution in [0.5, 0.6) is 0 Å². The molecule has 0 aliphatic carbocycles. The van der Waals surface area contributed by atoms with Crippen molar-refractivity contribution in [2.24, 2.45) is 0 Å². The quantitative estimate of drug-likeness (QED) is 0.448. The first-order valence-electron chi connectivity index (χ1n) is 8.74. The van der Waals surface area contributed by atoms with Crippen LogP contribution in [0.4, 0.5) is 11.4 Å². The summed E-state index contributed by atoms with van der Waals surface area (Å²) in [6.45, 7) is 10.6. The number of hydrogen-bond acceptors (Lipinski definition) is 3. The Kier molecular flexibility index (Phi) is 9.75. The van der Waals surface area contributed by atoms with Gasteiger partial charge >= 0.3 is 0 Å². The Balaban J connectivity index is 2.54. The first-order chi connectivity index (χ1) is 12.1. The maximum Gasteiger partial charge on any atom is 0.242 e. The van der Waals surface area contributed by atoms with Crippen molar-refractivity contribution in [3.8, 4) is 0 Å². The molecule has 2 N–H and O–H groups in total. The highest BCUT2D eigenvalue weighted by Crippen LogP contribution is 2.15. The van der Waals surface area contributed by atoms with Gasteiger partial charge in [0.05, 0.1) is 6.54 Å². The molecule has 0 saturated carbocycles. The van der Waals surface area contributed by atoms with Gasteiger partial charge < -0.3 is 15.5 Å². The van der Waals surface area contributed by atoms with Crippen LogP contribution in [0.15, 0.2) is 49.6 Å². The van der Waals surface area contributed by atoms with Gasteiger partial charge in [0.25, 0.3) is 0 Å². The topological polar surface area (TPSA) is 61.4 Å². The number of nitrogens with one attached hydrogen (secondary N) is 2. The molecular weight excluding hydrogens is 314 g/mol. The number of nitrogens with zero attached hydrogens (tertiary/aromatic N) is 1. The highest BCUT2D eigenvalue weighted by Gasteiger charge is 2.10. The van der Waals surface area contributed by atoms with E-state index in [1.165, 1.54) is 0 Å². The zero-order chi connectivity index (χ0) is 18.5. The maximum atomic E-state index is 12.2. The molecule has 0 atom stereocenters. The highest BCUT2D eigenvalue weighted by atomic mass is 16.2. The van der Waals surface area contributed by atoms with Gasteiger partial charge in [0.15, 0.2) is 0 Å². The smallest absolute Gasteiger partial charge is 0.242 e. The molecule has 0 aliphatic heterocycles. The predicted molar refractivity (Wildman–Crippen MR) is 105 cm³/mol. The molecule has 0 aliphatic rings. The minimum absolute atomic E-state index is 0.0183. The fourth-order valence-electron chi connectivity index (χ4n) is 2.35. The SMILES string of the molecule is C=CCN(CC=C)C(=O)CNc1cccc(NC(=O)CCCCC)c1. The van der Waals surface area contributed by atoms with E-state index in [4.69, 9.17) is 0 Å². The fourth-order valence-corrected chi connectivity index (χ4v) is 2.35. The lowest BCUT2D eigenvalue weighted by molar-refractivity contribution is -0.128. The van der Waals surface area contributed by atoms with E-state index in [2.05, 4.69) is 30.7 Å². The second kappa shape index (κ2) is 11.9. The average molecular weight is 343 g/mol. The standard InChI is InChI=1S/C20H29N3O2/c1-4-7-8-12-19(24)22-18-11-9-10-17(15-18)21-16-20(25)23(13-5-2)14-6-3/h5-6,9-11,15,21H,2-4,7-8,12-14,16H2,1H3,(H,22,24). The Morgan fingerprint density at radius 1 is 1.12 bits per heavy atom. The molecule has 0 unspecified atom stereocenters. The van der Waals surface area contributed by atoms with E-state index in [0.29, 0.717) is 19.5 Å². The summed E-state index contributed by atoms with van der Waals surface area (Å²) in [4.78, 5) is 25.7. The van der Waals surface area contributed by atoms with Crippen molar-refractivity contribution in [2.45, 2.75) is 32.6 Å². The molecule has 0 heterocycles. The Bertz CT molecular complexity index is 574. The molecule has 0 fully saturated rings. The summed E-state index contributed by atoms with van der Waals surface area (Å²) in [5, 5.41) is 5.99. The van der Waals surface area contributed by atoms with E-state index in [-0.39, 0.29) is 18.4 Å². The Morgan fingerprint density at radius 3 is 2.44 bits per heavy atom. The summed E-state index contributed by atoms with van der Waals surface area (Å²) in [5.74, 6) is -0.0152. The molecule has 5 heteroatoms. The summed E-state index contributed by atoms with van der Waals surface area (Å²) in [5.41, 5.74) is 1.52. The fraction of sp³-hybridized carbons (Fsp3) is 0.400. The number of anilines is 2. The third kappa shape index (κ3) is 8.20. The Labute approximate surface area is 150 Å². The number of unbranched alkanes of at least 4 members (excludes halogenated alkanes) is 2. The third-order valence-electron chi connectivity index (χ3n) is 3.65. The van der Waals surface area contributed by atoms with Gasteiger partial charge in [-0.1, -0.05) is 38.0 Å². The minimum Gasteiger partial charge on any atom is -0.376 e. The summed E-state index contributed by atoms with van der Waals surface area (Å²) in [7, 11) is 0. The van der Waals surface area contributed by atoms with Gasteiger partial charge in [-0.25, -0.2) is 0 Å². The van der Waals surface area contributed by atoms with Crippen molar-refractivity contribution in [3.63, 3.8) is 0 Å². The first-order valence-corrected chi connectivity index (χ1v) is 8.74. The molecule has 2 amide bonds. The molecule has 0 spiro atoms. The second-order valence-corrected chi connectivity index (χ2v) is 5.82. The number of rotatable bonds is 12. The van der Waals surface area contributed by atoms with E-state index in [0.717, 1.165) is 30.6 Å². The lowest BCUT2D eigenvalue weighted by Crippen LogP contribution is -2.35. The van der Waals surface area contributed by atoms with Gasteiger partial charge in [-0.2, -0.15) is 0 Å². The summed E-state index contributed by atoms with van der Waals surface area (Å²) >= 11 is 0. The van der Waals surface area contributed by atoms with Crippen molar-refractivity contribution >= 4 is 23.2 Å². The summed E-state index contributed by atoms with van der Waals surface area (Å²) in [6.07, 6.45) is 6.96. The van der Waals surface area contributed by atoms with Crippen molar-refractivity contribution in [1.82, 2.24) is 4.90 Å². The number of hydrogen-bond donors (Lipinski definition) is 2. The molecule has 1 aromatic carbocycles. The molecular formula is C20H29N3O2. The number of benzene rings is 1. The maximum absolute atomic E-state index is 12.2.